The Hall–Kier alpha value is -2.49. The Balaban J connectivity index is 1.92. The number of hydrogen-bond donors (Lipinski definition) is 1. The molecule has 0 aliphatic heterocycles. The van der Waals surface area contributed by atoms with Gasteiger partial charge in [0.1, 0.15) is 17.3 Å². The minimum atomic E-state index is -0.140. The molecule has 0 unspecified atom stereocenters. The lowest BCUT2D eigenvalue weighted by atomic mass is 10.2. The van der Waals surface area contributed by atoms with Gasteiger partial charge in [0.05, 0.1) is 6.10 Å². The van der Waals surface area contributed by atoms with E-state index in [2.05, 4.69) is 5.32 Å². The summed E-state index contributed by atoms with van der Waals surface area (Å²) in [5.74, 6) is 2.35. The molecular formula is C19H23NO3. The Bertz CT molecular complexity index is 698. The number of nitrogens with one attached hydrogen (secondary N) is 1. The summed E-state index contributed by atoms with van der Waals surface area (Å²) in [5, 5.41) is 2.85. The normalized spacial score (nSPS) is 11.2. The molecule has 4 nitrogen and oxygen atoms in total. The fraction of sp³-hybridized carbons (Fsp3) is 0.316. The first-order chi connectivity index (χ1) is 10.9. The molecule has 2 aromatic rings. The van der Waals surface area contributed by atoms with Crippen molar-refractivity contribution < 1.29 is 13.9 Å². The number of rotatable bonds is 6. The van der Waals surface area contributed by atoms with Crippen molar-refractivity contribution in [1.29, 1.82) is 0 Å². The number of aryl methyl sites for hydroxylation is 2. The Morgan fingerprint density at radius 1 is 1.30 bits per heavy atom. The zero-order valence-electron chi connectivity index (χ0n) is 14.1. The third-order valence-electron chi connectivity index (χ3n) is 3.25. The van der Waals surface area contributed by atoms with Gasteiger partial charge in [-0.15, -0.1) is 0 Å². The maximum Gasteiger partial charge on any atom is 0.244 e. The van der Waals surface area contributed by atoms with Crippen molar-refractivity contribution in [3.63, 3.8) is 0 Å². The molecule has 0 radical (unpaired) electrons. The quantitative estimate of drug-likeness (QED) is 0.820. The van der Waals surface area contributed by atoms with Crippen molar-refractivity contribution in [2.24, 2.45) is 0 Å². The molecule has 0 aliphatic rings. The molecule has 0 spiro atoms. The van der Waals surface area contributed by atoms with E-state index in [-0.39, 0.29) is 12.0 Å². The average Bonchev–Trinajstić information content (AvgIpc) is 2.80. The van der Waals surface area contributed by atoms with Crippen LogP contribution in [0.2, 0.25) is 0 Å². The van der Waals surface area contributed by atoms with E-state index in [4.69, 9.17) is 9.15 Å². The fourth-order valence-electron chi connectivity index (χ4n) is 2.24. The van der Waals surface area contributed by atoms with Crippen LogP contribution in [0.1, 0.15) is 36.5 Å². The predicted molar refractivity (Wildman–Crippen MR) is 91.3 cm³/mol. The second-order valence-corrected chi connectivity index (χ2v) is 5.73. The van der Waals surface area contributed by atoms with Gasteiger partial charge in [-0.25, -0.2) is 0 Å². The van der Waals surface area contributed by atoms with Gasteiger partial charge in [-0.2, -0.15) is 0 Å². The van der Waals surface area contributed by atoms with Crippen LogP contribution < -0.4 is 10.1 Å². The fourth-order valence-corrected chi connectivity index (χ4v) is 2.24. The van der Waals surface area contributed by atoms with Crippen molar-refractivity contribution in [2.45, 2.75) is 40.3 Å². The molecule has 1 amide bonds. The number of carbonyl (C=O) groups is 1. The highest BCUT2D eigenvalue weighted by molar-refractivity contribution is 5.91. The van der Waals surface area contributed by atoms with Crippen LogP contribution in [0.5, 0.6) is 5.75 Å². The van der Waals surface area contributed by atoms with Gasteiger partial charge in [0.25, 0.3) is 0 Å². The lowest BCUT2D eigenvalue weighted by Gasteiger charge is -2.09. The summed E-state index contributed by atoms with van der Waals surface area (Å²) < 4.78 is 11.1. The first-order valence-corrected chi connectivity index (χ1v) is 7.72. The molecule has 0 atom stereocenters. The minimum absolute atomic E-state index is 0.124. The average molecular weight is 313 g/mol. The van der Waals surface area contributed by atoms with E-state index in [9.17, 15) is 4.79 Å². The van der Waals surface area contributed by atoms with Crippen LogP contribution in [0, 0.1) is 13.8 Å². The van der Waals surface area contributed by atoms with E-state index >= 15 is 0 Å². The van der Waals surface area contributed by atoms with E-state index in [0.717, 1.165) is 28.4 Å². The number of hydrogen-bond acceptors (Lipinski definition) is 3. The van der Waals surface area contributed by atoms with Crippen LogP contribution in [0.15, 0.2) is 40.8 Å². The van der Waals surface area contributed by atoms with Gasteiger partial charge in [-0.05, 0) is 57.5 Å². The molecule has 0 saturated heterocycles. The van der Waals surface area contributed by atoms with Gasteiger partial charge in [-0.3, -0.25) is 4.79 Å². The smallest absolute Gasteiger partial charge is 0.244 e. The molecule has 1 aromatic heterocycles. The summed E-state index contributed by atoms with van der Waals surface area (Å²) >= 11 is 0. The number of benzene rings is 1. The predicted octanol–water partition coefficient (Wildman–Crippen LogP) is 4.01. The number of ether oxygens (including phenoxy) is 1. The summed E-state index contributed by atoms with van der Waals surface area (Å²) in [4.78, 5) is 11.9. The molecule has 0 saturated carbocycles. The van der Waals surface area contributed by atoms with Gasteiger partial charge in [0, 0.05) is 18.2 Å². The maximum atomic E-state index is 11.9. The monoisotopic (exact) mass is 313 g/mol. The second-order valence-electron chi connectivity index (χ2n) is 5.73. The standard InChI is InChI=1S/C19H23NO3/c1-13(2)22-18-7-5-6-16(11-18)8-9-19(21)20-12-17-10-14(3)23-15(17)4/h5-11,13H,12H2,1-4H3,(H,20,21)/b9-8+. The summed E-state index contributed by atoms with van der Waals surface area (Å²) in [6, 6.07) is 9.59. The van der Waals surface area contributed by atoms with Gasteiger partial charge < -0.3 is 14.5 Å². The lowest BCUT2D eigenvalue weighted by molar-refractivity contribution is -0.116. The molecule has 1 aromatic carbocycles. The third kappa shape index (κ3) is 5.33. The molecule has 0 aliphatic carbocycles. The molecule has 4 heteroatoms. The van der Waals surface area contributed by atoms with Gasteiger partial charge in [0.15, 0.2) is 0 Å². The van der Waals surface area contributed by atoms with E-state index in [1.807, 2.05) is 58.0 Å². The van der Waals surface area contributed by atoms with Crippen molar-refractivity contribution in [3.8, 4) is 5.75 Å². The first kappa shape index (κ1) is 16.9. The Kier molecular flexibility index (Phi) is 5.63. The summed E-state index contributed by atoms with van der Waals surface area (Å²) in [5.41, 5.74) is 1.92. The van der Waals surface area contributed by atoms with Gasteiger partial charge >= 0.3 is 0 Å². The topological polar surface area (TPSA) is 51.5 Å². The third-order valence-corrected chi connectivity index (χ3v) is 3.25. The summed E-state index contributed by atoms with van der Waals surface area (Å²) in [6.45, 7) is 8.21. The minimum Gasteiger partial charge on any atom is -0.491 e. The van der Waals surface area contributed by atoms with Crippen LogP contribution in [0.4, 0.5) is 0 Å². The zero-order valence-corrected chi connectivity index (χ0v) is 14.1. The largest absolute Gasteiger partial charge is 0.491 e. The second kappa shape index (κ2) is 7.68. The van der Waals surface area contributed by atoms with Crippen LogP contribution in [0.3, 0.4) is 0 Å². The highest BCUT2D eigenvalue weighted by atomic mass is 16.5. The molecule has 23 heavy (non-hydrogen) atoms. The van der Waals surface area contributed by atoms with Crippen LogP contribution in [-0.2, 0) is 11.3 Å². The van der Waals surface area contributed by atoms with E-state index in [1.165, 1.54) is 6.08 Å². The SMILES string of the molecule is Cc1cc(CNC(=O)/C=C/c2cccc(OC(C)C)c2)c(C)o1. The summed E-state index contributed by atoms with van der Waals surface area (Å²) in [7, 11) is 0. The van der Waals surface area contributed by atoms with E-state index in [0.29, 0.717) is 6.54 Å². The number of furan rings is 1. The Morgan fingerprint density at radius 2 is 2.09 bits per heavy atom. The molecule has 122 valence electrons. The Morgan fingerprint density at radius 3 is 2.74 bits per heavy atom. The zero-order chi connectivity index (χ0) is 16.8. The highest BCUT2D eigenvalue weighted by Gasteiger charge is 2.05. The van der Waals surface area contributed by atoms with Crippen molar-refractivity contribution >= 4 is 12.0 Å². The van der Waals surface area contributed by atoms with Crippen molar-refractivity contribution in [1.82, 2.24) is 5.32 Å². The molecule has 2 rings (SSSR count). The van der Waals surface area contributed by atoms with Crippen molar-refractivity contribution in [3.05, 3.63) is 59.1 Å². The lowest BCUT2D eigenvalue weighted by Crippen LogP contribution is -2.20. The van der Waals surface area contributed by atoms with E-state index in [1.54, 1.807) is 6.08 Å². The molecule has 0 bridgehead atoms. The van der Waals surface area contributed by atoms with Crippen LogP contribution in [0.25, 0.3) is 6.08 Å². The van der Waals surface area contributed by atoms with Gasteiger partial charge in [-0.1, -0.05) is 12.1 Å². The molecule has 1 N–H and O–H groups in total. The molecule has 0 fully saturated rings. The molecular weight excluding hydrogens is 290 g/mol. The number of carbonyl (C=O) groups excluding carboxylic acids is 1. The Labute approximate surface area is 137 Å². The summed E-state index contributed by atoms with van der Waals surface area (Å²) in [6.07, 6.45) is 3.42. The maximum absolute atomic E-state index is 11.9. The number of amides is 1. The van der Waals surface area contributed by atoms with Gasteiger partial charge in [0.2, 0.25) is 5.91 Å². The van der Waals surface area contributed by atoms with Crippen LogP contribution in [-0.4, -0.2) is 12.0 Å². The highest BCUT2D eigenvalue weighted by Crippen LogP contribution is 2.16. The van der Waals surface area contributed by atoms with Crippen LogP contribution >= 0.6 is 0 Å². The van der Waals surface area contributed by atoms with E-state index < -0.39 is 0 Å². The van der Waals surface area contributed by atoms with Crippen molar-refractivity contribution in [2.75, 3.05) is 0 Å². The first-order valence-electron chi connectivity index (χ1n) is 7.72. The molecule has 1 heterocycles.